The maximum absolute atomic E-state index is 6.17. The lowest BCUT2D eigenvalue weighted by atomic mass is 10.2. The lowest BCUT2D eigenvalue weighted by Crippen LogP contribution is -2.45. The minimum atomic E-state index is 0.385. The zero-order valence-corrected chi connectivity index (χ0v) is 13.2. The molecule has 0 atom stereocenters. The minimum Gasteiger partial charge on any atom is -0.352 e. The highest BCUT2D eigenvalue weighted by atomic mass is 35.5. The topological polar surface area (TPSA) is 58.3 Å². The zero-order chi connectivity index (χ0) is 15.0. The maximum Gasteiger partial charge on any atom is 0.152 e. The van der Waals surface area contributed by atoms with Crippen LogP contribution < -0.4 is 10.6 Å². The number of nitrogens with zero attached hydrogens (tertiary/aromatic N) is 4. The van der Waals surface area contributed by atoms with Crippen molar-refractivity contribution in [1.82, 2.24) is 14.9 Å². The Morgan fingerprint density at radius 2 is 1.81 bits per heavy atom. The summed E-state index contributed by atoms with van der Waals surface area (Å²) in [5, 5.41) is 0.715. The number of fused-ring (bicyclic) bond motifs is 1. The fourth-order valence-electron chi connectivity index (χ4n) is 2.62. The fourth-order valence-corrected chi connectivity index (χ4v) is 2.78. The van der Waals surface area contributed by atoms with E-state index in [0.717, 1.165) is 54.3 Å². The van der Waals surface area contributed by atoms with Crippen LogP contribution in [0.25, 0.3) is 11.0 Å². The van der Waals surface area contributed by atoms with Crippen LogP contribution in [0, 0.1) is 6.92 Å². The molecule has 1 aromatic carbocycles. The van der Waals surface area contributed by atoms with Gasteiger partial charge >= 0.3 is 0 Å². The summed E-state index contributed by atoms with van der Waals surface area (Å²) in [6.45, 7) is 6.34. The van der Waals surface area contributed by atoms with Crippen molar-refractivity contribution in [3.63, 3.8) is 0 Å². The molecule has 3 rings (SSSR count). The Morgan fingerprint density at radius 1 is 1.14 bits per heavy atom. The van der Waals surface area contributed by atoms with Crippen molar-refractivity contribution in [3.8, 4) is 0 Å². The second-order valence-electron chi connectivity index (χ2n) is 5.58. The van der Waals surface area contributed by atoms with E-state index in [0.29, 0.717) is 11.6 Å². The monoisotopic (exact) mass is 305 g/mol. The first-order valence-electron chi connectivity index (χ1n) is 7.19. The number of aryl methyl sites for hydroxylation is 1. The molecule has 21 heavy (non-hydrogen) atoms. The van der Waals surface area contributed by atoms with Crippen LogP contribution in [0.15, 0.2) is 12.1 Å². The number of likely N-dealkylation sites (N-methyl/N-ethyl adjacent to an activating group) is 1. The Kier molecular flexibility index (Phi) is 3.97. The van der Waals surface area contributed by atoms with Gasteiger partial charge in [-0.1, -0.05) is 11.6 Å². The van der Waals surface area contributed by atoms with Crippen molar-refractivity contribution in [3.05, 3.63) is 28.4 Å². The molecule has 0 unspecified atom stereocenters. The second kappa shape index (κ2) is 5.75. The van der Waals surface area contributed by atoms with Gasteiger partial charge in [-0.25, -0.2) is 9.97 Å². The summed E-state index contributed by atoms with van der Waals surface area (Å²) in [5.41, 5.74) is 9.41. The first kappa shape index (κ1) is 14.5. The van der Waals surface area contributed by atoms with Crippen molar-refractivity contribution in [2.24, 2.45) is 5.73 Å². The third-order valence-electron chi connectivity index (χ3n) is 3.99. The van der Waals surface area contributed by atoms with Gasteiger partial charge in [0.25, 0.3) is 0 Å². The largest absolute Gasteiger partial charge is 0.352 e. The van der Waals surface area contributed by atoms with Crippen LogP contribution >= 0.6 is 11.6 Å². The van der Waals surface area contributed by atoms with Crippen molar-refractivity contribution in [2.45, 2.75) is 13.5 Å². The molecule has 0 aliphatic carbocycles. The Morgan fingerprint density at radius 3 is 2.48 bits per heavy atom. The van der Waals surface area contributed by atoms with Crippen molar-refractivity contribution in [2.75, 3.05) is 38.1 Å². The van der Waals surface area contributed by atoms with Crippen molar-refractivity contribution < 1.29 is 0 Å². The van der Waals surface area contributed by atoms with Crippen LogP contribution in [0.2, 0.25) is 5.02 Å². The molecule has 0 amide bonds. The molecule has 0 radical (unpaired) electrons. The summed E-state index contributed by atoms with van der Waals surface area (Å²) in [6, 6.07) is 3.86. The molecule has 0 spiro atoms. The fraction of sp³-hybridized carbons (Fsp3) is 0.467. The number of nitrogens with two attached hydrogens (primary N) is 1. The molecule has 0 bridgehead atoms. The van der Waals surface area contributed by atoms with Gasteiger partial charge in [0.1, 0.15) is 0 Å². The zero-order valence-electron chi connectivity index (χ0n) is 12.4. The third-order valence-corrected chi connectivity index (χ3v) is 4.40. The van der Waals surface area contributed by atoms with Gasteiger partial charge in [-0.3, -0.25) is 0 Å². The minimum absolute atomic E-state index is 0.385. The highest BCUT2D eigenvalue weighted by Crippen LogP contribution is 2.25. The van der Waals surface area contributed by atoms with Crippen LogP contribution in [0.4, 0.5) is 5.82 Å². The Bertz CT molecular complexity index is 665. The Labute approximate surface area is 129 Å². The number of benzene rings is 1. The van der Waals surface area contributed by atoms with Crippen LogP contribution in [-0.2, 0) is 6.54 Å². The summed E-state index contributed by atoms with van der Waals surface area (Å²) in [5.74, 6) is 0.917. The van der Waals surface area contributed by atoms with E-state index in [1.54, 1.807) is 0 Å². The molecule has 2 heterocycles. The van der Waals surface area contributed by atoms with E-state index in [4.69, 9.17) is 22.3 Å². The number of halogens is 1. The van der Waals surface area contributed by atoms with Gasteiger partial charge < -0.3 is 15.5 Å². The average molecular weight is 306 g/mol. The molecule has 6 heteroatoms. The van der Waals surface area contributed by atoms with Gasteiger partial charge in [0.15, 0.2) is 5.82 Å². The first-order chi connectivity index (χ1) is 10.1. The normalized spacial score (nSPS) is 16.7. The molecule has 112 valence electrons. The summed E-state index contributed by atoms with van der Waals surface area (Å²) in [4.78, 5) is 14.1. The van der Waals surface area contributed by atoms with Gasteiger partial charge in [-0.2, -0.15) is 0 Å². The SMILES string of the molecule is Cc1cc2nc(N3CCN(C)CC3)c(CN)nc2cc1Cl. The van der Waals surface area contributed by atoms with Crippen LogP contribution in [0.1, 0.15) is 11.3 Å². The number of hydrogen-bond acceptors (Lipinski definition) is 5. The van der Waals surface area contributed by atoms with Crippen LogP contribution in [0.5, 0.6) is 0 Å². The molecule has 2 N–H and O–H groups in total. The lowest BCUT2D eigenvalue weighted by Gasteiger charge is -2.34. The second-order valence-corrected chi connectivity index (χ2v) is 5.99. The number of anilines is 1. The number of rotatable bonds is 2. The predicted molar refractivity (Wildman–Crippen MR) is 86.9 cm³/mol. The molecular weight excluding hydrogens is 286 g/mol. The van der Waals surface area contributed by atoms with Crippen molar-refractivity contribution in [1.29, 1.82) is 0 Å². The van der Waals surface area contributed by atoms with E-state index < -0.39 is 0 Å². The van der Waals surface area contributed by atoms with Crippen LogP contribution in [-0.4, -0.2) is 48.1 Å². The molecule has 1 aliphatic heterocycles. The average Bonchev–Trinajstić information content (AvgIpc) is 2.48. The van der Waals surface area contributed by atoms with Gasteiger partial charge in [0, 0.05) is 37.7 Å². The third kappa shape index (κ3) is 2.81. The number of aromatic nitrogens is 2. The highest BCUT2D eigenvalue weighted by molar-refractivity contribution is 6.32. The molecule has 5 nitrogen and oxygen atoms in total. The number of piperazine rings is 1. The maximum atomic E-state index is 6.17. The summed E-state index contributed by atoms with van der Waals surface area (Å²) in [6.07, 6.45) is 0. The van der Waals surface area contributed by atoms with Crippen molar-refractivity contribution >= 4 is 28.5 Å². The number of hydrogen-bond donors (Lipinski definition) is 1. The molecule has 2 aromatic rings. The molecule has 0 saturated carbocycles. The standard InChI is InChI=1S/C15H20ClN5/c1-10-7-12-13(8-11(10)16)18-14(9-17)15(19-12)21-5-3-20(2)4-6-21/h7-8H,3-6,9,17H2,1-2H3. The van der Waals surface area contributed by atoms with Gasteiger partial charge in [-0.05, 0) is 31.7 Å². The van der Waals surface area contributed by atoms with Crippen LogP contribution in [0.3, 0.4) is 0 Å². The van der Waals surface area contributed by atoms with E-state index in [2.05, 4.69) is 21.8 Å². The molecule has 1 fully saturated rings. The molecule has 1 aliphatic rings. The van der Waals surface area contributed by atoms with Gasteiger partial charge in [-0.15, -0.1) is 0 Å². The predicted octanol–water partition coefficient (Wildman–Crippen LogP) is 1.80. The van der Waals surface area contributed by atoms with E-state index in [-0.39, 0.29) is 0 Å². The first-order valence-corrected chi connectivity index (χ1v) is 7.56. The summed E-state index contributed by atoms with van der Waals surface area (Å²) >= 11 is 6.17. The molecule has 1 saturated heterocycles. The van der Waals surface area contributed by atoms with Gasteiger partial charge in [0.05, 0.1) is 16.7 Å². The van der Waals surface area contributed by atoms with Gasteiger partial charge in [0.2, 0.25) is 0 Å². The highest BCUT2D eigenvalue weighted by Gasteiger charge is 2.19. The Hall–Kier alpha value is -1.43. The summed E-state index contributed by atoms with van der Waals surface area (Å²) in [7, 11) is 2.14. The van der Waals surface area contributed by atoms with E-state index in [9.17, 15) is 0 Å². The summed E-state index contributed by atoms with van der Waals surface area (Å²) < 4.78 is 0. The Balaban J connectivity index is 2.06. The molecular formula is C15H20ClN5. The smallest absolute Gasteiger partial charge is 0.152 e. The molecule has 1 aromatic heterocycles. The van der Waals surface area contributed by atoms with E-state index >= 15 is 0 Å². The quantitative estimate of drug-likeness (QED) is 0.917. The van der Waals surface area contributed by atoms with E-state index in [1.165, 1.54) is 0 Å². The van der Waals surface area contributed by atoms with E-state index in [1.807, 2.05) is 19.1 Å². The lowest BCUT2D eigenvalue weighted by molar-refractivity contribution is 0.312.